The first kappa shape index (κ1) is 14.8. The number of amides is 1. The minimum absolute atomic E-state index is 0.401. The smallest absolute Gasteiger partial charge is 0.207 e. The number of hydrogen-bond donors (Lipinski definition) is 2. The van der Waals surface area contributed by atoms with E-state index in [1.54, 1.807) is 0 Å². The van der Waals surface area contributed by atoms with E-state index < -0.39 is 0 Å². The molecule has 3 rings (SSSR count). The van der Waals surface area contributed by atoms with Crippen molar-refractivity contribution in [1.82, 2.24) is 5.32 Å². The lowest BCUT2D eigenvalue weighted by Crippen LogP contribution is -2.09. The Labute approximate surface area is 133 Å². The SMILES string of the molecule is O=CNC/C=C/COc1ccc2c(c1)/C(=N\O)c1ccccc1-2. The van der Waals surface area contributed by atoms with Gasteiger partial charge in [-0.25, -0.2) is 0 Å². The van der Waals surface area contributed by atoms with E-state index in [1.807, 2.05) is 54.6 Å². The summed E-state index contributed by atoms with van der Waals surface area (Å²) < 4.78 is 5.66. The van der Waals surface area contributed by atoms with Crippen molar-refractivity contribution >= 4 is 12.1 Å². The van der Waals surface area contributed by atoms with Gasteiger partial charge in [0.1, 0.15) is 18.1 Å². The first-order valence-corrected chi connectivity index (χ1v) is 7.26. The summed E-state index contributed by atoms with van der Waals surface area (Å²) in [6.07, 6.45) is 4.30. The van der Waals surface area contributed by atoms with E-state index in [0.717, 1.165) is 22.3 Å². The Morgan fingerprint density at radius 3 is 2.61 bits per heavy atom. The highest BCUT2D eigenvalue weighted by molar-refractivity contribution is 6.24. The number of oxime groups is 1. The summed E-state index contributed by atoms with van der Waals surface area (Å²) >= 11 is 0. The molecule has 2 aromatic carbocycles. The Bertz CT molecular complexity index is 782. The monoisotopic (exact) mass is 308 g/mol. The van der Waals surface area contributed by atoms with Gasteiger partial charge in [-0.2, -0.15) is 0 Å². The summed E-state index contributed by atoms with van der Waals surface area (Å²) in [5, 5.41) is 15.3. The van der Waals surface area contributed by atoms with Crippen LogP contribution in [0, 0.1) is 0 Å². The van der Waals surface area contributed by atoms with E-state index in [9.17, 15) is 10.0 Å². The summed E-state index contributed by atoms with van der Waals surface area (Å²) in [4.78, 5) is 10.1. The van der Waals surface area contributed by atoms with Crippen molar-refractivity contribution < 1.29 is 14.7 Å². The molecule has 0 unspecified atom stereocenters. The van der Waals surface area contributed by atoms with Crippen LogP contribution in [0.1, 0.15) is 11.1 Å². The lowest BCUT2D eigenvalue weighted by molar-refractivity contribution is -0.109. The van der Waals surface area contributed by atoms with Crippen molar-refractivity contribution in [2.24, 2.45) is 5.16 Å². The van der Waals surface area contributed by atoms with Crippen LogP contribution in [0.5, 0.6) is 5.75 Å². The van der Waals surface area contributed by atoms with Gasteiger partial charge in [-0.3, -0.25) is 4.79 Å². The first-order valence-electron chi connectivity index (χ1n) is 7.26. The minimum Gasteiger partial charge on any atom is -0.490 e. The molecule has 1 aliphatic carbocycles. The van der Waals surface area contributed by atoms with Gasteiger partial charge in [-0.15, -0.1) is 0 Å². The third kappa shape index (κ3) is 2.94. The number of nitrogens with zero attached hydrogens (tertiary/aromatic N) is 1. The van der Waals surface area contributed by atoms with E-state index in [-0.39, 0.29) is 0 Å². The molecular formula is C18H16N2O3. The Kier molecular flexibility index (Phi) is 4.38. The van der Waals surface area contributed by atoms with Gasteiger partial charge in [0, 0.05) is 17.7 Å². The molecule has 0 heterocycles. The van der Waals surface area contributed by atoms with Crippen molar-refractivity contribution in [3.8, 4) is 16.9 Å². The fourth-order valence-corrected chi connectivity index (χ4v) is 2.63. The van der Waals surface area contributed by atoms with E-state index in [1.165, 1.54) is 0 Å². The molecule has 0 saturated carbocycles. The number of nitrogens with one attached hydrogen (secondary N) is 1. The molecule has 2 N–H and O–H groups in total. The molecule has 0 aromatic heterocycles. The highest BCUT2D eigenvalue weighted by Crippen LogP contribution is 2.38. The van der Waals surface area contributed by atoms with Gasteiger partial charge in [0.25, 0.3) is 0 Å². The van der Waals surface area contributed by atoms with Gasteiger partial charge in [0.15, 0.2) is 0 Å². The zero-order chi connectivity index (χ0) is 16.1. The topological polar surface area (TPSA) is 70.9 Å². The highest BCUT2D eigenvalue weighted by atomic mass is 16.5. The van der Waals surface area contributed by atoms with Crippen LogP contribution in [-0.4, -0.2) is 30.5 Å². The second-order valence-electron chi connectivity index (χ2n) is 5.01. The number of carbonyl (C=O) groups excluding carboxylic acids is 1. The number of fused-ring (bicyclic) bond motifs is 3. The van der Waals surface area contributed by atoms with Crippen molar-refractivity contribution in [1.29, 1.82) is 0 Å². The Hall–Kier alpha value is -3.08. The molecule has 2 aromatic rings. The van der Waals surface area contributed by atoms with Crippen LogP contribution in [0.4, 0.5) is 0 Å². The van der Waals surface area contributed by atoms with Crippen LogP contribution in [0.3, 0.4) is 0 Å². The first-order chi connectivity index (χ1) is 11.3. The Balaban J connectivity index is 1.77. The van der Waals surface area contributed by atoms with Crippen LogP contribution in [0.2, 0.25) is 0 Å². The Morgan fingerprint density at radius 2 is 1.83 bits per heavy atom. The highest BCUT2D eigenvalue weighted by Gasteiger charge is 2.25. The van der Waals surface area contributed by atoms with Crippen LogP contribution < -0.4 is 10.1 Å². The second-order valence-corrected chi connectivity index (χ2v) is 5.01. The summed E-state index contributed by atoms with van der Waals surface area (Å²) in [7, 11) is 0. The van der Waals surface area contributed by atoms with Crippen LogP contribution in [0.15, 0.2) is 59.8 Å². The largest absolute Gasteiger partial charge is 0.490 e. The van der Waals surface area contributed by atoms with Gasteiger partial charge >= 0.3 is 0 Å². The quantitative estimate of drug-likeness (QED) is 0.242. The van der Waals surface area contributed by atoms with E-state index >= 15 is 0 Å². The third-order valence-corrected chi connectivity index (χ3v) is 3.65. The predicted molar refractivity (Wildman–Crippen MR) is 88.0 cm³/mol. The Morgan fingerprint density at radius 1 is 1.04 bits per heavy atom. The molecule has 0 radical (unpaired) electrons. The maximum absolute atomic E-state index is 10.1. The molecule has 5 nitrogen and oxygen atoms in total. The summed E-state index contributed by atoms with van der Waals surface area (Å²) in [5.74, 6) is 0.700. The fourth-order valence-electron chi connectivity index (χ4n) is 2.63. The van der Waals surface area contributed by atoms with E-state index in [0.29, 0.717) is 31.0 Å². The third-order valence-electron chi connectivity index (χ3n) is 3.65. The molecule has 0 fully saturated rings. The number of ether oxygens (including phenoxy) is 1. The molecule has 0 bridgehead atoms. The minimum atomic E-state index is 0.401. The molecule has 116 valence electrons. The van der Waals surface area contributed by atoms with Crippen LogP contribution in [-0.2, 0) is 4.79 Å². The lowest BCUT2D eigenvalue weighted by atomic mass is 10.1. The van der Waals surface area contributed by atoms with Crippen molar-refractivity contribution in [2.45, 2.75) is 0 Å². The second kappa shape index (κ2) is 6.79. The molecular weight excluding hydrogens is 292 g/mol. The van der Waals surface area contributed by atoms with Crippen LogP contribution in [0.25, 0.3) is 11.1 Å². The maximum atomic E-state index is 10.1. The fraction of sp³-hybridized carbons (Fsp3) is 0.111. The number of carbonyl (C=O) groups is 1. The average Bonchev–Trinajstić information content (AvgIpc) is 2.91. The van der Waals surface area contributed by atoms with Crippen molar-refractivity contribution in [3.63, 3.8) is 0 Å². The molecule has 0 saturated heterocycles. The molecule has 1 aliphatic rings. The van der Waals surface area contributed by atoms with E-state index in [2.05, 4.69) is 10.5 Å². The number of benzene rings is 2. The zero-order valence-corrected chi connectivity index (χ0v) is 12.4. The van der Waals surface area contributed by atoms with Crippen molar-refractivity contribution in [3.05, 3.63) is 65.7 Å². The van der Waals surface area contributed by atoms with Crippen molar-refractivity contribution in [2.75, 3.05) is 13.2 Å². The van der Waals surface area contributed by atoms with Gasteiger partial charge < -0.3 is 15.3 Å². The standard InChI is InChI=1S/C18H16N2O3/c21-12-19-9-3-4-10-23-13-7-8-15-14-5-1-2-6-16(14)18(20-22)17(15)11-13/h1-8,11-12,22H,9-10H2,(H,19,21)/b4-3+,20-18-. The zero-order valence-electron chi connectivity index (χ0n) is 12.4. The summed E-state index contributed by atoms with van der Waals surface area (Å²) in [6.45, 7) is 0.881. The molecule has 0 atom stereocenters. The average molecular weight is 308 g/mol. The number of hydrogen-bond acceptors (Lipinski definition) is 4. The lowest BCUT2D eigenvalue weighted by Gasteiger charge is -2.06. The maximum Gasteiger partial charge on any atom is 0.207 e. The molecule has 1 amide bonds. The number of rotatable bonds is 6. The van der Waals surface area contributed by atoms with Gasteiger partial charge in [-0.1, -0.05) is 35.5 Å². The van der Waals surface area contributed by atoms with Gasteiger partial charge in [0.2, 0.25) is 6.41 Å². The van der Waals surface area contributed by atoms with Gasteiger partial charge in [-0.05, 0) is 35.4 Å². The molecule has 23 heavy (non-hydrogen) atoms. The normalized spacial score (nSPS) is 13.8. The molecule has 0 aliphatic heterocycles. The molecule has 0 spiro atoms. The summed E-state index contributed by atoms with van der Waals surface area (Å²) in [6, 6.07) is 13.6. The molecule has 5 heteroatoms. The van der Waals surface area contributed by atoms with Crippen LogP contribution >= 0.6 is 0 Å². The van der Waals surface area contributed by atoms with Gasteiger partial charge in [0.05, 0.1) is 0 Å². The summed E-state index contributed by atoms with van der Waals surface area (Å²) in [5.41, 5.74) is 4.43. The van der Waals surface area contributed by atoms with E-state index in [4.69, 9.17) is 4.74 Å². The predicted octanol–water partition coefficient (Wildman–Crippen LogP) is 2.57.